The van der Waals surface area contributed by atoms with Gasteiger partial charge in [0.2, 0.25) is 5.12 Å². The summed E-state index contributed by atoms with van der Waals surface area (Å²) < 4.78 is 11.8. The molecule has 1 unspecified atom stereocenters. The van der Waals surface area contributed by atoms with Crippen molar-refractivity contribution in [2.75, 3.05) is 12.4 Å². The minimum Gasteiger partial charge on any atom is -0.412 e. The largest absolute Gasteiger partial charge is 0.412 e. The summed E-state index contributed by atoms with van der Waals surface area (Å²) in [5, 5.41) is 0.0873. The number of carbonyl (C=O) groups is 1. The summed E-state index contributed by atoms with van der Waals surface area (Å²) in [5.74, 6) is 0.630. The highest BCUT2D eigenvalue weighted by Gasteiger charge is 2.23. The number of thioether (sulfide) groups is 1. The highest BCUT2D eigenvalue weighted by atomic mass is 32.2. The van der Waals surface area contributed by atoms with Gasteiger partial charge >= 0.3 is 0 Å². The van der Waals surface area contributed by atoms with Crippen LogP contribution in [0.2, 0.25) is 19.6 Å². The fourth-order valence-corrected chi connectivity index (χ4v) is 3.82. The van der Waals surface area contributed by atoms with Gasteiger partial charge in [0.15, 0.2) is 8.32 Å². The van der Waals surface area contributed by atoms with Crippen molar-refractivity contribution in [3.8, 4) is 0 Å². The quantitative estimate of drug-likeness (QED) is 0.671. The van der Waals surface area contributed by atoms with Crippen LogP contribution >= 0.6 is 11.8 Å². The highest BCUT2D eigenvalue weighted by molar-refractivity contribution is 8.14. The molecule has 21 heavy (non-hydrogen) atoms. The van der Waals surface area contributed by atoms with E-state index in [4.69, 9.17) is 9.16 Å². The van der Waals surface area contributed by atoms with Crippen LogP contribution in [0.25, 0.3) is 0 Å². The second-order valence-corrected chi connectivity index (χ2v) is 11.7. The Bertz CT molecular complexity index is 429. The van der Waals surface area contributed by atoms with Gasteiger partial charge in [-0.3, -0.25) is 4.79 Å². The molecule has 0 spiro atoms. The van der Waals surface area contributed by atoms with Crippen molar-refractivity contribution in [1.82, 2.24) is 0 Å². The Balaban J connectivity index is 2.53. The maximum absolute atomic E-state index is 12.1. The van der Waals surface area contributed by atoms with Crippen LogP contribution in [0.15, 0.2) is 30.3 Å². The Labute approximate surface area is 133 Å². The van der Waals surface area contributed by atoms with E-state index in [-0.39, 0.29) is 17.3 Å². The fourth-order valence-electron chi connectivity index (χ4n) is 1.74. The van der Waals surface area contributed by atoms with Gasteiger partial charge < -0.3 is 9.16 Å². The predicted octanol–water partition coefficient (Wildman–Crippen LogP) is 4.21. The number of hydrogen-bond donors (Lipinski definition) is 0. The Morgan fingerprint density at radius 3 is 2.33 bits per heavy atom. The molecule has 3 nitrogen and oxygen atoms in total. The van der Waals surface area contributed by atoms with Crippen molar-refractivity contribution in [2.45, 2.75) is 45.7 Å². The Kier molecular flexibility index (Phi) is 7.66. The summed E-state index contributed by atoms with van der Waals surface area (Å²) in [6.45, 7) is 11.0. The molecular weight excluding hydrogens is 300 g/mol. The summed E-state index contributed by atoms with van der Waals surface area (Å²) in [4.78, 5) is 12.1. The summed E-state index contributed by atoms with van der Waals surface area (Å²) in [6, 6.07) is 9.36. The second kappa shape index (κ2) is 8.73. The molecule has 1 rings (SSSR count). The van der Waals surface area contributed by atoms with Crippen LogP contribution < -0.4 is 0 Å². The van der Waals surface area contributed by atoms with E-state index in [1.807, 2.05) is 44.2 Å². The van der Waals surface area contributed by atoms with Gasteiger partial charge in [-0.1, -0.05) is 42.1 Å². The molecule has 0 aliphatic heterocycles. The monoisotopic (exact) mass is 326 g/mol. The standard InChI is InChI=1S/C16H26O3SSi/c1-13(2)18-11-15(19-21(3,4)5)12-20-16(17)14-9-7-6-8-10-14/h6-10,13,15H,11-12H2,1-5H3. The molecule has 0 N–H and O–H groups in total. The molecule has 1 atom stereocenters. The molecule has 0 aliphatic carbocycles. The number of hydrogen-bond acceptors (Lipinski definition) is 4. The lowest BCUT2D eigenvalue weighted by atomic mass is 10.2. The van der Waals surface area contributed by atoms with Gasteiger partial charge in [-0.05, 0) is 33.5 Å². The van der Waals surface area contributed by atoms with E-state index in [2.05, 4.69) is 19.6 Å². The van der Waals surface area contributed by atoms with Crippen molar-refractivity contribution in [3.05, 3.63) is 35.9 Å². The zero-order valence-corrected chi connectivity index (χ0v) is 15.4. The first kappa shape index (κ1) is 18.4. The van der Waals surface area contributed by atoms with Gasteiger partial charge in [0.05, 0.1) is 18.8 Å². The number of ether oxygens (including phenoxy) is 1. The predicted molar refractivity (Wildman–Crippen MR) is 92.5 cm³/mol. The van der Waals surface area contributed by atoms with Crippen molar-refractivity contribution < 1.29 is 14.0 Å². The lowest BCUT2D eigenvalue weighted by Crippen LogP contribution is -2.36. The third kappa shape index (κ3) is 8.41. The van der Waals surface area contributed by atoms with Gasteiger partial charge in [0.25, 0.3) is 0 Å². The summed E-state index contributed by atoms with van der Waals surface area (Å²) in [7, 11) is -1.65. The first-order valence-electron chi connectivity index (χ1n) is 7.29. The third-order valence-corrected chi connectivity index (χ3v) is 4.62. The molecule has 118 valence electrons. The zero-order chi connectivity index (χ0) is 15.9. The van der Waals surface area contributed by atoms with Gasteiger partial charge in [-0.15, -0.1) is 0 Å². The number of benzene rings is 1. The average Bonchev–Trinajstić information content (AvgIpc) is 2.41. The summed E-state index contributed by atoms with van der Waals surface area (Å²) in [5.41, 5.74) is 0.735. The Hall–Kier alpha value is -0.623. The smallest absolute Gasteiger partial charge is 0.219 e. The Morgan fingerprint density at radius 1 is 1.19 bits per heavy atom. The van der Waals surface area contributed by atoms with Gasteiger partial charge in [-0.2, -0.15) is 0 Å². The summed E-state index contributed by atoms with van der Waals surface area (Å²) >= 11 is 1.31. The number of rotatable bonds is 8. The van der Waals surface area contributed by atoms with E-state index in [1.165, 1.54) is 11.8 Å². The lowest BCUT2D eigenvalue weighted by molar-refractivity contribution is 0.0220. The van der Waals surface area contributed by atoms with Crippen molar-refractivity contribution in [2.24, 2.45) is 0 Å². The topological polar surface area (TPSA) is 35.5 Å². The van der Waals surface area contributed by atoms with Gasteiger partial charge in [0, 0.05) is 11.3 Å². The molecule has 0 radical (unpaired) electrons. The van der Waals surface area contributed by atoms with Crippen LogP contribution in [-0.4, -0.2) is 38.0 Å². The van der Waals surface area contributed by atoms with Crippen LogP contribution in [0.1, 0.15) is 24.2 Å². The lowest BCUT2D eigenvalue weighted by Gasteiger charge is -2.26. The normalized spacial score (nSPS) is 13.4. The van der Waals surface area contributed by atoms with Crippen molar-refractivity contribution in [1.29, 1.82) is 0 Å². The van der Waals surface area contributed by atoms with Gasteiger partial charge in [-0.25, -0.2) is 0 Å². The first-order valence-corrected chi connectivity index (χ1v) is 11.7. The maximum atomic E-state index is 12.1. The average molecular weight is 327 g/mol. The van der Waals surface area contributed by atoms with Gasteiger partial charge in [0.1, 0.15) is 0 Å². The van der Waals surface area contributed by atoms with Crippen LogP contribution in [0, 0.1) is 0 Å². The second-order valence-electron chi connectivity index (χ2n) is 6.20. The van der Waals surface area contributed by atoms with Crippen LogP contribution in [0.3, 0.4) is 0 Å². The molecule has 1 aromatic carbocycles. The molecule has 0 aliphatic rings. The third-order valence-electron chi connectivity index (χ3n) is 2.55. The molecule has 0 aromatic heterocycles. The minimum atomic E-state index is -1.65. The molecule has 1 aromatic rings. The molecule has 0 saturated heterocycles. The fraction of sp³-hybridized carbons (Fsp3) is 0.562. The SMILES string of the molecule is CC(C)OCC(CSC(=O)c1ccccc1)O[Si](C)(C)C. The van der Waals surface area contributed by atoms with E-state index in [1.54, 1.807) is 0 Å². The molecule has 0 bridgehead atoms. The van der Waals surface area contributed by atoms with E-state index < -0.39 is 8.32 Å². The van der Waals surface area contributed by atoms with Crippen LogP contribution in [0.4, 0.5) is 0 Å². The van der Waals surface area contributed by atoms with Crippen molar-refractivity contribution >= 4 is 25.2 Å². The highest BCUT2D eigenvalue weighted by Crippen LogP contribution is 2.17. The molecule has 0 amide bonds. The van der Waals surface area contributed by atoms with E-state index in [0.29, 0.717) is 12.4 Å². The van der Waals surface area contributed by atoms with E-state index >= 15 is 0 Å². The molecule has 5 heteroatoms. The zero-order valence-electron chi connectivity index (χ0n) is 13.6. The minimum absolute atomic E-state index is 0.0308. The van der Waals surface area contributed by atoms with E-state index in [9.17, 15) is 4.79 Å². The number of carbonyl (C=O) groups excluding carboxylic acids is 1. The molecule has 0 heterocycles. The molecule has 0 fully saturated rings. The van der Waals surface area contributed by atoms with E-state index in [0.717, 1.165) is 5.56 Å². The molecular formula is C16H26O3SSi. The van der Waals surface area contributed by atoms with Crippen LogP contribution in [-0.2, 0) is 9.16 Å². The molecule has 0 saturated carbocycles. The maximum Gasteiger partial charge on any atom is 0.219 e. The summed E-state index contributed by atoms with van der Waals surface area (Å²) in [6.07, 6.45) is 0.143. The van der Waals surface area contributed by atoms with Crippen LogP contribution in [0.5, 0.6) is 0 Å². The first-order chi connectivity index (χ1) is 9.78. The van der Waals surface area contributed by atoms with Crippen molar-refractivity contribution in [3.63, 3.8) is 0 Å². The Morgan fingerprint density at radius 2 is 1.81 bits per heavy atom.